The van der Waals surface area contributed by atoms with Gasteiger partial charge in [0.2, 0.25) is 5.91 Å². The lowest BCUT2D eigenvalue weighted by atomic mass is 9.80. The van der Waals surface area contributed by atoms with E-state index in [-0.39, 0.29) is 11.9 Å². The maximum Gasteiger partial charge on any atom is 0.245 e. The predicted octanol–water partition coefficient (Wildman–Crippen LogP) is 7.32. The number of hydrogen-bond donors (Lipinski definition) is 3. The van der Waals surface area contributed by atoms with Crippen molar-refractivity contribution in [1.29, 1.82) is 0 Å². The zero-order chi connectivity index (χ0) is 27.6. The molecule has 0 radical (unpaired) electrons. The van der Waals surface area contributed by atoms with Gasteiger partial charge in [0.1, 0.15) is 11.3 Å². The van der Waals surface area contributed by atoms with Gasteiger partial charge in [-0.1, -0.05) is 92.1 Å². The molecule has 0 bridgehead atoms. The van der Waals surface area contributed by atoms with E-state index in [0.29, 0.717) is 6.54 Å². The Morgan fingerprint density at radius 1 is 0.775 bits per heavy atom. The van der Waals surface area contributed by atoms with Crippen LogP contribution >= 0.6 is 0 Å². The van der Waals surface area contributed by atoms with E-state index in [1.165, 1.54) is 11.1 Å². The minimum absolute atomic E-state index is 0.0757. The summed E-state index contributed by atoms with van der Waals surface area (Å²) >= 11 is 0. The molecule has 1 amide bonds. The number of hydrogen-bond acceptors (Lipinski definition) is 4. The van der Waals surface area contributed by atoms with Crippen LogP contribution in [0.4, 0.5) is 11.4 Å². The van der Waals surface area contributed by atoms with Crippen molar-refractivity contribution >= 4 is 17.3 Å². The van der Waals surface area contributed by atoms with Crippen molar-refractivity contribution in [2.24, 2.45) is 0 Å². The van der Waals surface area contributed by atoms with Crippen LogP contribution < -0.4 is 20.7 Å². The van der Waals surface area contributed by atoms with Gasteiger partial charge in [-0.2, -0.15) is 0 Å². The molecule has 1 fully saturated rings. The highest BCUT2D eigenvalue weighted by atomic mass is 16.5. The summed E-state index contributed by atoms with van der Waals surface area (Å²) in [7, 11) is 1.67. The van der Waals surface area contributed by atoms with Crippen molar-refractivity contribution in [1.82, 2.24) is 5.32 Å². The standard InChI is InChI=1S/C35H39N3O2/c1-40-33-20-18-30(19-21-33)36-26-32(24-27-12-5-2-6-13-27)37-34(39)35(22-9-4-10-23-35)38-31-17-11-16-29(25-31)28-14-7-3-8-15-28/h2-3,5-8,11-21,25,32,36,38H,4,9-10,22-24,26H2,1H3,(H,37,39)/t32-/m0/s1. The second-order valence-electron chi connectivity index (χ2n) is 10.7. The first-order chi connectivity index (χ1) is 19.6. The lowest BCUT2D eigenvalue weighted by Crippen LogP contribution is -2.57. The molecule has 1 aliphatic rings. The molecule has 0 aromatic heterocycles. The number of amides is 1. The van der Waals surface area contributed by atoms with Gasteiger partial charge >= 0.3 is 0 Å². The number of methoxy groups -OCH3 is 1. The summed E-state index contributed by atoms with van der Waals surface area (Å²) in [6, 6.07) is 37.0. The van der Waals surface area contributed by atoms with Gasteiger partial charge in [0.05, 0.1) is 13.2 Å². The Labute approximate surface area is 238 Å². The number of rotatable bonds is 11. The van der Waals surface area contributed by atoms with Gasteiger partial charge in [0, 0.05) is 17.9 Å². The third-order valence-electron chi connectivity index (χ3n) is 7.80. The molecule has 40 heavy (non-hydrogen) atoms. The Kier molecular flexibility index (Phi) is 9.02. The lowest BCUT2D eigenvalue weighted by molar-refractivity contribution is -0.127. The number of nitrogens with one attached hydrogen (secondary N) is 3. The fourth-order valence-corrected chi connectivity index (χ4v) is 5.59. The molecule has 5 nitrogen and oxygen atoms in total. The fourth-order valence-electron chi connectivity index (χ4n) is 5.59. The normalized spacial score (nSPS) is 15.0. The van der Waals surface area contributed by atoms with E-state index in [1.807, 2.05) is 36.4 Å². The molecule has 1 atom stereocenters. The molecule has 0 unspecified atom stereocenters. The molecule has 4 aromatic rings. The maximum atomic E-state index is 14.2. The van der Waals surface area contributed by atoms with Crippen LogP contribution in [0, 0.1) is 0 Å². The van der Waals surface area contributed by atoms with Gasteiger partial charge in [-0.25, -0.2) is 0 Å². The van der Waals surface area contributed by atoms with Gasteiger partial charge in [-0.05, 0) is 72.4 Å². The van der Waals surface area contributed by atoms with Crippen LogP contribution in [-0.2, 0) is 11.2 Å². The molecule has 5 rings (SSSR count). The molecular weight excluding hydrogens is 494 g/mol. The summed E-state index contributed by atoms with van der Waals surface area (Å²) in [4.78, 5) is 14.2. The van der Waals surface area contributed by atoms with E-state index in [1.54, 1.807) is 7.11 Å². The van der Waals surface area contributed by atoms with Crippen molar-refractivity contribution < 1.29 is 9.53 Å². The SMILES string of the molecule is COc1ccc(NC[C@H](Cc2ccccc2)NC(=O)C2(Nc3cccc(-c4ccccc4)c3)CCCCC2)cc1. The van der Waals surface area contributed by atoms with Gasteiger partial charge < -0.3 is 20.7 Å². The second-order valence-corrected chi connectivity index (χ2v) is 10.7. The molecule has 206 valence electrons. The Bertz CT molecular complexity index is 1350. The fraction of sp³-hybridized carbons (Fsp3) is 0.286. The minimum atomic E-state index is -0.636. The zero-order valence-corrected chi connectivity index (χ0v) is 23.2. The summed E-state index contributed by atoms with van der Waals surface area (Å²) in [6.45, 7) is 0.618. The predicted molar refractivity (Wildman–Crippen MR) is 165 cm³/mol. The average molecular weight is 534 g/mol. The summed E-state index contributed by atoms with van der Waals surface area (Å²) in [5.74, 6) is 0.899. The highest BCUT2D eigenvalue weighted by Gasteiger charge is 2.40. The number of benzene rings is 4. The molecule has 1 saturated carbocycles. The highest BCUT2D eigenvalue weighted by Crippen LogP contribution is 2.33. The van der Waals surface area contributed by atoms with E-state index in [4.69, 9.17) is 4.74 Å². The van der Waals surface area contributed by atoms with Crippen LogP contribution in [-0.4, -0.2) is 31.1 Å². The number of carbonyl (C=O) groups is 1. The Hall–Kier alpha value is -4.25. The molecule has 0 spiro atoms. The molecule has 0 heterocycles. The van der Waals surface area contributed by atoms with E-state index in [0.717, 1.165) is 61.2 Å². The first-order valence-electron chi connectivity index (χ1n) is 14.3. The third kappa shape index (κ3) is 7.03. The molecule has 3 N–H and O–H groups in total. The monoisotopic (exact) mass is 533 g/mol. The first kappa shape index (κ1) is 27.3. The largest absolute Gasteiger partial charge is 0.497 e. The van der Waals surface area contributed by atoms with Gasteiger partial charge in [0.15, 0.2) is 0 Å². The van der Waals surface area contributed by atoms with Crippen molar-refractivity contribution in [3.05, 3.63) is 115 Å². The van der Waals surface area contributed by atoms with E-state index >= 15 is 0 Å². The van der Waals surface area contributed by atoms with Crippen molar-refractivity contribution in [2.75, 3.05) is 24.3 Å². The van der Waals surface area contributed by atoms with Gasteiger partial charge in [-0.3, -0.25) is 4.79 Å². The Morgan fingerprint density at radius 3 is 2.15 bits per heavy atom. The van der Waals surface area contributed by atoms with Crippen molar-refractivity contribution in [3.63, 3.8) is 0 Å². The summed E-state index contributed by atoms with van der Waals surface area (Å²) < 4.78 is 5.29. The average Bonchev–Trinajstić information content (AvgIpc) is 3.01. The lowest BCUT2D eigenvalue weighted by Gasteiger charge is -2.39. The third-order valence-corrected chi connectivity index (χ3v) is 7.80. The Balaban J connectivity index is 1.34. The quantitative estimate of drug-likeness (QED) is 0.189. The zero-order valence-electron chi connectivity index (χ0n) is 23.2. The first-order valence-corrected chi connectivity index (χ1v) is 14.3. The van der Waals surface area contributed by atoms with Crippen LogP contribution in [0.5, 0.6) is 5.75 Å². The topological polar surface area (TPSA) is 62.4 Å². The van der Waals surface area contributed by atoms with Crippen LogP contribution in [0.3, 0.4) is 0 Å². The second kappa shape index (κ2) is 13.2. The summed E-state index contributed by atoms with van der Waals surface area (Å²) in [5.41, 5.74) is 4.85. The summed E-state index contributed by atoms with van der Waals surface area (Å²) in [6.07, 6.45) is 5.61. The molecule has 0 aliphatic heterocycles. The smallest absolute Gasteiger partial charge is 0.245 e. The molecular formula is C35H39N3O2. The van der Waals surface area contributed by atoms with Gasteiger partial charge in [0.25, 0.3) is 0 Å². The van der Waals surface area contributed by atoms with Crippen LogP contribution in [0.15, 0.2) is 109 Å². The van der Waals surface area contributed by atoms with E-state index in [9.17, 15) is 4.79 Å². The Morgan fingerprint density at radius 2 is 1.45 bits per heavy atom. The van der Waals surface area contributed by atoms with E-state index < -0.39 is 5.54 Å². The maximum absolute atomic E-state index is 14.2. The number of anilines is 2. The molecule has 0 saturated heterocycles. The van der Waals surface area contributed by atoms with Crippen LogP contribution in [0.25, 0.3) is 11.1 Å². The van der Waals surface area contributed by atoms with Crippen molar-refractivity contribution in [2.45, 2.75) is 50.1 Å². The molecule has 4 aromatic carbocycles. The molecule has 5 heteroatoms. The number of carbonyl (C=O) groups excluding carboxylic acids is 1. The van der Waals surface area contributed by atoms with Crippen LogP contribution in [0.2, 0.25) is 0 Å². The van der Waals surface area contributed by atoms with Gasteiger partial charge in [-0.15, -0.1) is 0 Å². The molecule has 1 aliphatic carbocycles. The number of ether oxygens (including phenoxy) is 1. The van der Waals surface area contributed by atoms with E-state index in [2.05, 4.69) is 88.7 Å². The van der Waals surface area contributed by atoms with Crippen molar-refractivity contribution in [3.8, 4) is 16.9 Å². The van der Waals surface area contributed by atoms with Crippen LogP contribution in [0.1, 0.15) is 37.7 Å². The summed E-state index contributed by atoms with van der Waals surface area (Å²) in [5, 5.41) is 10.7. The highest BCUT2D eigenvalue weighted by molar-refractivity contribution is 5.90. The minimum Gasteiger partial charge on any atom is -0.497 e.